The summed E-state index contributed by atoms with van der Waals surface area (Å²) in [6.07, 6.45) is 4.12. The number of hydrogen-bond donors (Lipinski definition) is 0. The van der Waals surface area contributed by atoms with E-state index in [4.69, 9.17) is 4.74 Å². The smallest absolute Gasteiger partial charge is 0.334 e. The largest absolute Gasteiger partial charge is 0.462 e. The summed E-state index contributed by atoms with van der Waals surface area (Å²) in [6, 6.07) is 0. The zero-order chi connectivity index (χ0) is 8.72. The van der Waals surface area contributed by atoms with Crippen molar-refractivity contribution >= 4 is 5.97 Å². The molecule has 12 heavy (non-hydrogen) atoms. The third kappa shape index (κ3) is 0.909. The van der Waals surface area contributed by atoms with Crippen molar-refractivity contribution in [2.24, 2.45) is 11.8 Å². The van der Waals surface area contributed by atoms with Gasteiger partial charge in [-0.25, -0.2) is 4.79 Å². The van der Waals surface area contributed by atoms with Gasteiger partial charge in [-0.15, -0.1) is 0 Å². The first-order chi connectivity index (χ1) is 5.70. The Labute approximate surface area is 71.9 Å². The lowest BCUT2D eigenvalue weighted by atomic mass is 9.87. The lowest BCUT2D eigenvalue weighted by Gasteiger charge is -2.26. The molecule has 0 saturated carbocycles. The molecule has 1 heterocycles. The molecule has 2 heteroatoms. The zero-order valence-corrected chi connectivity index (χ0v) is 7.33. The van der Waals surface area contributed by atoms with Crippen molar-refractivity contribution in [3.05, 3.63) is 23.3 Å². The van der Waals surface area contributed by atoms with Crippen molar-refractivity contribution < 1.29 is 9.53 Å². The van der Waals surface area contributed by atoms with E-state index in [-0.39, 0.29) is 5.97 Å². The average Bonchev–Trinajstić information content (AvgIpc) is 2.42. The van der Waals surface area contributed by atoms with Gasteiger partial charge in [0.05, 0.1) is 6.61 Å². The predicted molar refractivity (Wildman–Crippen MR) is 45.5 cm³/mol. The van der Waals surface area contributed by atoms with Crippen LogP contribution in [0.2, 0.25) is 0 Å². The summed E-state index contributed by atoms with van der Waals surface area (Å²) in [6.45, 7) is 4.63. The molecular weight excluding hydrogens is 152 g/mol. The molecular formula is C10H12O2. The molecule has 1 saturated heterocycles. The first kappa shape index (κ1) is 7.59. The monoisotopic (exact) mass is 164 g/mol. The second-order valence-electron chi connectivity index (χ2n) is 3.56. The van der Waals surface area contributed by atoms with E-state index in [0.29, 0.717) is 18.4 Å². The average molecular weight is 164 g/mol. The molecule has 1 aliphatic carbocycles. The Balaban J connectivity index is 2.38. The number of hydrogen-bond acceptors (Lipinski definition) is 2. The van der Waals surface area contributed by atoms with Gasteiger partial charge in [-0.3, -0.25) is 0 Å². The Kier molecular flexibility index (Phi) is 1.56. The molecule has 0 aromatic carbocycles. The number of carbonyl (C=O) groups excluding carboxylic acids is 1. The van der Waals surface area contributed by atoms with Crippen LogP contribution in [-0.2, 0) is 9.53 Å². The number of fused-ring (bicyclic) bond motifs is 1. The van der Waals surface area contributed by atoms with Crippen molar-refractivity contribution in [3.8, 4) is 0 Å². The van der Waals surface area contributed by atoms with Crippen LogP contribution in [0.4, 0.5) is 0 Å². The molecule has 2 rings (SSSR count). The van der Waals surface area contributed by atoms with Gasteiger partial charge in [-0.2, -0.15) is 0 Å². The molecule has 2 aliphatic rings. The van der Waals surface area contributed by atoms with Crippen molar-refractivity contribution in [3.63, 3.8) is 0 Å². The van der Waals surface area contributed by atoms with Crippen LogP contribution in [0.1, 0.15) is 13.8 Å². The van der Waals surface area contributed by atoms with Gasteiger partial charge >= 0.3 is 5.97 Å². The fraction of sp³-hybridized carbons (Fsp3) is 0.500. The van der Waals surface area contributed by atoms with Crippen LogP contribution < -0.4 is 0 Å². The summed E-state index contributed by atoms with van der Waals surface area (Å²) < 4.78 is 5.04. The first-order valence-electron chi connectivity index (χ1n) is 4.26. The number of rotatable bonds is 0. The highest BCUT2D eigenvalue weighted by Crippen LogP contribution is 2.35. The van der Waals surface area contributed by atoms with Crippen LogP contribution >= 0.6 is 0 Å². The minimum Gasteiger partial charge on any atom is -0.462 e. The van der Waals surface area contributed by atoms with Crippen molar-refractivity contribution in [2.45, 2.75) is 13.8 Å². The fourth-order valence-electron chi connectivity index (χ4n) is 1.86. The molecule has 1 fully saturated rings. The van der Waals surface area contributed by atoms with E-state index in [9.17, 15) is 4.79 Å². The van der Waals surface area contributed by atoms with Crippen molar-refractivity contribution in [1.29, 1.82) is 0 Å². The minimum absolute atomic E-state index is 0.124. The quantitative estimate of drug-likeness (QED) is 0.509. The highest BCUT2D eigenvalue weighted by atomic mass is 16.5. The molecule has 64 valence electrons. The highest BCUT2D eigenvalue weighted by Gasteiger charge is 2.34. The minimum atomic E-state index is -0.124. The highest BCUT2D eigenvalue weighted by molar-refractivity contribution is 5.92. The Morgan fingerprint density at radius 1 is 1.58 bits per heavy atom. The molecule has 0 bridgehead atoms. The van der Waals surface area contributed by atoms with Crippen LogP contribution in [0.5, 0.6) is 0 Å². The lowest BCUT2D eigenvalue weighted by Crippen LogP contribution is -2.29. The summed E-state index contributed by atoms with van der Waals surface area (Å²) in [7, 11) is 0. The van der Waals surface area contributed by atoms with Gasteiger partial charge in [0, 0.05) is 17.4 Å². The Hall–Kier alpha value is -1.05. The molecule has 2 atom stereocenters. The van der Waals surface area contributed by atoms with E-state index in [1.807, 2.05) is 13.0 Å². The van der Waals surface area contributed by atoms with E-state index in [2.05, 4.69) is 13.0 Å². The maximum absolute atomic E-state index is 11.3. The van der Waals surface area contributed by atoms with Gasteiger partial charge in [0.25, 0.3) is 0 Å². The van der Waals surface area contributed by atoms with Gasteiger partial charge in [0.15, 0.2) is 0 Å². The predicted octanol–water partition coefficient (Wildman–Crippen LogP) is 1.68. The van der Waals surface area contributed by atoms with Crippen LogP contribution in [0.25, 0.3) is 0 Å². The number of cyclic esters (lactones) is 1. The summed E-state index contributed by atoms with van der Waals surface area (Å²) >= 11 is 0. The van der Waals surface area contributed by atoms with Crippen LogP contribution in [0.3, 0.4) is 0 Å². The summed E-state index contributed by atoms with van der Waals surface area (Å²) in [5.41, 5.74) is 1.94. The molecule has 1 aliphatic heterocycles. The Morgan fingerprint density at radius 3 is 3.00 bits per heavy atom. The lowest BCUT2D eigenvalue weighted by molar-refractivity contribution is -0.144. The molecule has 0 spiro atoms. The Morgan fingerprint density at radius 2 is 2.33 bits per heavy atom. The molecule has 2 nitrogen and oxygen atoms in total. The fourth-order valence-corrected chi connectivity index (χ4v) is 1.86. The van der Waals surface area contributed by atoms with Gasteiger partial charge in [0.2, 0.25) is 0 Å². The SMILES string of the molecule is CC1=C2C(=O)OCC(C)[C@@H]2C=C1. The zero-order valence-electron chi connectivity index (χ0n) is 7.33. The Bertz CT molecular complexity index is 286. The van der Waals surface area contributed by atoms with Gasteiger partial charge in [-0.05, 0) is 12.5 Å². The van der Waals surface area contributed by atoms with Gasteiger partial charge in [0.1, 0.15) is 0 Å². The maximum atomic E-state index is 11.3. The number of esters is 1. The second-order valence-corrected chi connectivity index (χ2v) is 3.56. The summed E-state index contributed by atoms with van der Waals surface area (Å²) in [4.78, 5) is 11.3. The summed E-state index contributed by atoms with van der Waals surface area (Å²) in [5, 5.41) is 0. The molecule has 0 radical (unpaired) electrons. The van der Waals surface area contributed by atoms with Crippen molar-refractivity contribution in [2.75, 3.05) is 6.61 Å². The molecule has 1 unspecified atom stereocenters. The molecule has 0 amide bonds. The standard InChI is InChI=1S/C10H12O2/c1-6-3-4-8-7(2)5-12-10(11)9(6)8/h3-4,7-8H,5H2,1-2H3/t7?,8-/m0/s1. The number of allylic oxidation sites excluding steroid dienone is 3. The van der Waals surface area contributed by atoms with Gasteiger partial charge in [-0.1, -0.05) is 19.1 Å². The van der Waals surface area contributed by atoms with E-state index in [1.165, 1.54) is 0 Å². The van der Waals surface area contributed by atoms with E-state index in [1.54, 1.807) is 0 Å². The number of ether oxygens (including phenoxy) is 1. The third-order valence-corrected chi connectivity index (χ3v) is 2.62. The van der Waals surface area contributed by atoms with Gasteiger partial charge < -0.3 is 4.74 Å². The first-order valence-corrected chi connectivity index (χ1v) is 4.26. The maximum Gasteiger partial charge on any atom is 0.334 e. The summed E-state index contributed by atoms with van der Waals surface area (Å²) in [5.74, 6) is 0.623. The van der Waals surface area contributed by atoms with Crippen LogP contribution in [0, 0.1) is 11.8 Å². The third-order valence-electron chi connectivity index (χ3n) is 2.62. The molecule has 0 aromatic rings. The van der Waals surface area contributed by atoms with E-state index >= 15 is 0 Å². The normalized spacial score (nSPS) is 33.7. The second kappa shape index (κ2) is 2.47. The van der Waals surface area contributed by atoms with Crippen LogP contribution in [0.15, 0.2) is 23.3 Å². The van der Waals surface area contributed by atoms with E-state index in [0.717, 1.165) is 11.1 Å². The topological polar surface area (TPSA) is 26.3 Å². The van der Waals surface area contributed by atoms with Crippen molar-refractivity contribution in [1.82, 2.24) is 0 Å². The number of carbonyl (C=O) groups is 1. The molecule has 0 aromatic heterocycles. The van der Waals surface area contributed by atoms with E-state index < -0.39 is 0 Å². The molecule has 0 N–H and O–H groups in total. The van der Waals surface area contributed by atoms with Crippen LogP contribution in [-0.4, -0.2) is 12.6 Å².